The Hall–Kier alpha value is -2.42. The number of H-pyrrole nitrogens is 1. The average molecular weight is 360 g/mol. The number of aliphatic imine (C=N–C) groups is 1. The molecule has 3 rings (SSSR count). The van der Waals surface area contributed by atoms with E-state index in [0.29, 0.717) is 33.6 Å². The zero-order chi connectivity index (χ0) is 18.0. The van der Waals surface area contributed by atoms with Crippen LogP contribution < -0.4 is 5.32 Å². The fourth-order valence-electron chi connectivity index (χ4n) is 2.46. The van der Waals surface area contributed by atoms with Crippen LogP contribution in [0.25, 0.3) is 17.0 Å². The largest absolute Gasteiger partial charge is 0.349 e. The monoisotopic (exact) mass is 360 g/mol. The topological polar surface area (TPSA) is 71.5 Å². The molecule has 2 heterocycles. The highest BCUT2D eigenvalue weighted by Crippen LogP contribution is 2.32. The summed E-state index contributed by atoms with van der Waals surface area (Å²) in [5.74, 6) is 0.630. The molecular weight excluding hydrogens is 343 g/mol. The van der Waals surface area contributed by atoms with Crippen molar-refractivity contribution in [2.45, 2.75) is 6.29 Å². The highest BCUT2D eigenvalue weighted by atomic mass is 32.1. The number of aromatic amines is 1. The van der Waals surface area contributed by atoms with Crippen LogP contribution in [0.4, 0.5) is 4.39 Å². The van der Waals surface area contributed by atoms with E-state index in [1.807, 2.05) is 0 Å². The Kier molecular flexibility index (Phi) is 5.03. The maximum Gasteiger partial charge on any atom is 0.216 e. The normalized spacial score (nSPS) is 14.4. The van der Waals surface area contributed by atoms with Crippen molar-refractivity contribution in [2.75, 3.05) is 14.2 Å². The number of thiol groups is 1. The van der Waals surface area contributed by atoms with Crippen LogP contribution in [0, 0.1) is 5.82 Å². The van der Waals surface area contributed by atoms with Crippen LogP contribution in [0.3, 0.4) is 0 Å². The molecule has 0 saturated carbocycles. The molecule has 1 aliphatic rings. The van der Waals surface area contributed by atoms with Gasteiger partial charge in [-0.25, -0.2) is 14.4 Å². The van der Waals surface area contributed by atoms with Gasteiger partial charge in [0.2, 0.25) is 6.29 Å². The first-order valence-corrected chi connectivity index (χ1v) is 7.83. The third-order valence-electron chi connectivity index (χ3n) is 3.61. The summed E-state index contributed by atoms with van der Waals surface area (Å²) in [5.41, 5.74) is 2.64. The molecule has 1 aromatic carbocycles. The minimum Gasteiger partial charge on any atom is -0.349 e. The van der Waals surface area contributed by atoms with E-state index in [1.165, 1.54) is 26.4 Å². The zero-order valence-electron chi connectivity index (χ0n) is 13.7. The maximum atomic E-state index is 13.3. The lowest BCUT2D eigenvalue weighted by molar-refractivity contribution is -0.111. The third kappa shape index (κ3) is 3.51. The van der Waals surface area contributed by atoms with Gasteiger partial charge in [0.05, 0.1) is 17.1 Å². The Morgan fingerprint density at radius 1 is 1.20 bits per heavy atom. The van der Waals surface area contributed by atoms with Gasteiger partial charge in [-0.3, -0.25) is 0 Å². The number of halogens is 1. The van der Waals surface area contributed by atoms with Gasteiger partial charge in [-0.15, -0.1) is 12.6 Å². The van der Waals surface area contributed by atoms with Crippen molar-refractivity contribution in [3.63, 3.8) is 0 Å². The lowest BCUT2D eigenvalue weighted by Crippen LogP contribution is -2.16. The molecule has 0 atom stereocenters. The number of aromatic nitrogens is 2. The number of imidazole rings is 1. The number of nitrogens with zero attached hydrogens (tertiary/aromatic N) is 2. The first-order chi connectivity index (χ1) is 12.0. The minimum atomic E-state index is -0.669. The first-order valence-electron chi connectivity index (χ1n) is 7.38. The molecule has 1 aliphatic heterocycles. The summed E-state index contributed by atoms with van der Waals surface area (Å²) in [4.78, 5) is 12.5. The van der Waals surface area contributed by atoms with Gasteiger partial charge in [0.25, 0.3) is 0 Å². The van der Waals surface area contributed by atoms with Crippen LogP contribution in [0.5, 0.6) is 0 Å². The van der Waals surface area contributed by atoms with E-state index in [9.17, 15) is 4.39 Å². The fraction of sp³-hybridized carbons (Fsp3) is 0.176. The van der Waals surface area contributed by atoms with Crippen LogP contribution >= 0.6 is 12.6 Å². The summed E-state index contributed by atoms with van der Waals surface area (Å²) in [6.45, 7) is 3.80. The summed E-state index contributed by atoms with van der Waals surface area (Å²) in [6, 6.07) is 6.06. The van der Waals surface area contributed by atoms with Gasteiger partial charge in [-0.1, -0.05) is 6.58 Å². The SMILES string of the molecule is C=C1N=CC(S)=C(c2[nH]c(C(OC)OC)nc2-c2ccc(F)cc2)N1. The van der Waals surface area contributed by atoms with Crippen LogP contribution in [-0.2, 0) is 9.47 Å². The Balaban J connectivity index is 2.17. The molecular formula is C17H17FN4O2S. The standard InChI is InChI=1S/C17H17FN4O2S/c1-9-19-8-12(25)14(20-9)15-13(10-4-6-11(18)7-5-10)21-16(22-15)17(23-2)24-3/h4-8,17,20,25H,1H2,2-3H3,(H,21,22). The summed E-state index contributed by atoms with van der Waals surface area (Å²) in [7, 11) is 3.04. The van der Waals surface area contributed by atoms with E-state index in [-0.39, 0.29) is 5.82 Å². The Labute approximate surface area is 149 Å². The van der Waals surface area contributed by atoms with Crippen LogP contribution in [0.1, 0.15) is 17.8 Å². The van der Waals surface area contributed by atoms with E-state index < -0.39 is 6.29 Å². The predicted octanol–water partition coefficient (Wildman–Crippen LogP) is 3.25. The summed E-state index contributed by atoms with van der Waals surface area (Å²) >= 11 is 4.45. The molecule has 0 spiro atoms. The first kappa shape index (κ1) is 17.4. The molecule has 25 heavy (non-hydrogen) atoms. The second kappa shape index (κ2) is 7.22. The van der Waals surface area contributed by atoms with E-state index in [1.54, 1.807) is 18.3 Å². The molecule has 0 aliphatic carbocycles. The summed E-state index contributed by atoms with van der Waals surface area (Å²) in [6.07, 6.45) is 0.925. The number of hydrogen-bond donors (Lipinski definition) is 3. The van der Waals surface area contributed by atoms with Gasteiger partial charge in [0.15, 0.2) is 5.82 Å². The molecule has 8 heteroatoms. The number of hydrogen-bond acceptors (Lipinski definition) is 6. The molecule has 0 bridgehead atoms. The van der Waals surface area contributed by atoms with Crippen molar-refractivity contribution >= 4 is 24.5 Å². The summed E-state index contributed by atoms with van der Waals surface area (Å²) in [5, 5.41) is 3.08. The predicted molar refractivity (Wildman–Crippen MR) is 97.4 cm³/mol. The molecule has 0 radical (unpaired) electrons. The van der Waals surface area contributed by atoms with Gasteiger partial charge < -0.3 is 19.8 Å². The molecule has 6 nitrogen and oxygen atoms in total. The van der Waals surface area contributed by atoms with Crippen LogP contribution in [-0.4, -0.2) is 30.4 Å². The highest BCUT2D eigenvalue weighted by molar-refractivity contribution is 7.85. The van der Waals surface area contributed by atoms with E-state index >= 15 is 0 Å². The Morgan fingerprint density at radius 3 is 2.52 bits per heavy atom. The van der Waals surface area contributed by atoms with Gasteiger partial charge in [0, 0.05) is 30.9 Å². The maximum absolute atomic E-state index is 13.3. The molecule has 2 aromatic rings. The fourth-order valence-corrected chi connectivity index (χ4v) is 2.68. The van der Waals surface area contributed by atoms with Crippen LogP contribution in [0.2, 0.25) is 0 Å². The number of benzene rings is 1. The molecule has 0 fully saturated rings. The molecule has 2 N–H and O–H groups in total. The molecule has 0 unspecified atom stereocenters. The lowest BCUT2D eigenvalue weighted by atomic mass is 10.1. The van der Waals surface area contributed by atoms with Gasteiger partial charge in [0.1, 0.15) is 11.6 Å². The Morgan fingerprint density at radius 2 is 1.88 bits per heavy atom. The number of nitrogens with one attached hydrogen (secondary N) is 2. The molecule has 0 saturated heterocycles. The average Bonchev–Trinajstić information content (AvgIpc) is 3.03. The van der Waals surface area contributed by atoms with E-state index in [4.69, 9.17) is 9.47 Å². The van der Waals surface area contributed by atoms with Crippen molar-refractivity contribution in [1.29, 1.82) is 0 Å². The quantitative estimate of drug-likeness (QED) is 0.565. The van der Waals surface area contributed by atoms with Crippen molar-refractivity contribution < 1.29 is 13.9 Å². The van der Waals surface area contributed by atoms with Gasteiger partial charge in [-0.2, -0.15) is 0 Å². The summed E-state index contributed by atoms with van der Waals surface area (Å²) < 4.78 is 23.8. The van der Waals surface area contributed by atoms with Crippen molar-refractivity contribution in [1.82, 2.24) is 15.3 Å². The number of rotatable bonds is 5. The second-order valence-corrected chi connectivity index (χ2v) is 5.73. The molecule has 1 aromatic heterocycles. The lowest BCUT2D eigenvalue weighted by Gasteiger charge is -2.16. The zero-order valence-corrected chi connectivity index (χ0v) is 14.6. The molecule has 130 valence electrons. The van der Waals surface area contributed by atoms with Crippen molar-refractivity contribution in [3.05, 3.63) is 58.9 Å². The number of ether oxygens (including phenoxy) is 2. The smallest absolute Gasteiger partial charge is 0.216 e. The van der Waals surface area contributed by atoms with Crippen molar-refractivity contribution in [3.8, 4) is 11.3 Å². The molecule has 0 amide bonds. The van der Waals surface area contributed by atoms with E-state index in [0.717, 1.165) is 5.56 Å². The van der Waals surface area contributed by atoms with Crippen LogP contribution in [0.15, 0.2) is 46.6 Å². The third-order valence-corrected chi connectivity index (χ3v) is 3.95. The Bertz CT molecular complexity index is 854. The van der Waals surface area contributed by atoms with Gasteiger partial charge >= 0.3 is 0 Å². The number of methoxy groups -OCH3 is 2. The second-order valence-electron chi connectivity index (χ2n) is 5.25. The van der Waals surface area contributed by atoms with Crippen molar-refractivity contribution in [2.24, 2.45) is 4.99 Å². The highest BCUT2D eigenvalue weighted by Gasteiger charge is 2.23. The number of allylic oxidation sites excluding steroid dienone is 1. The van der Waals surface area contributed by atoms with Gasteiger partial charge in [-0.05, 0) is 24.3 Å². The van der Waals surface area contributed by atoms with E-state index in [2.05, 4.69) is 39.5 Å². The minimum absolute atomic E-state index is 0.321.